The Balaban J connectivity index is 2.85. The number of hydrogen-bond donors (Lipinski definition) is 0. The average molecular weight is 220 g/mol. The van der Waals surface area contributed by atoms with Crippen LogP contribution in [-0.2, 0) is 6.54 Å². The third-order valence-electron chi connectivity index (χ3n) is 1.84. The molecule has 7 heteroatoms. The maximum Gasteiger partial charge on any atom is 0.265 e. The van der Waals surface area contributed by atoms with Crippen molar-refractivity contribution in [1.29, 1.82) is 0 Å². The standard InChI is InChI=1S/C9H8N4O3/c10-12-11-5-7-2-1-3-8(4-7)9(14)6-13(15)16/h1-4H,5-6H2. The highest BCUT2D eigenvalue weighted by Gasteiger charge is 2.12. The molecule has 0 amide bonds. The van der Waals surface area contributed by atoms with E-state index in [-0.39, 0.29) is 12.1 Å². The van der Waals surface area contributed by atoms with Crippen LogP contribution in [0.1, 0.15) is 15.9 Å². The molecule has 0 aliphatic carbocycles. The number of rotatable bonds is 5. The number of Topliss-reactive ketones (excluding diaryl/α,β-unsaturated/α-hetero) is 1. The van der Waals surface area contributed by atoms with Gasteiger partial charge in [-0.25, -0.2) is 0 Å². The Labute approximate surface area is 90.5 Å². The first-order chi connectivity index (χ1) is 7.63. The minimum absolute atomic E-state index is 0.121. The van der Waals surface area contributed by atoms with Crippen molar-refractivity contribution in [1.82, 2.24) is 0 Å². The molecular weight excluding hydrogens is 212 g/mol. The summed E-state index contributed by atoms with van der Waals surface area (Å²) in [6.07, 6.45) is 0. The lowest BCUT2D eigenvalue weighted by molar-refractivity contribution is -0.465. The molecule has 0 atom stereocenters. The largest absolute Gasteiger partial charge is 0.287 e. The summed E-state index contributed by atoms with van der Waals surface area (Å²) in [5.41, 5.74) is 9.02. The van der Waals surface area contributed by atoms with E-state index in [9.17, 15) is 14.9 Å². The third kappa shape index (κ3) is 3.39. The van der Waals surface area contributed by atoms with E-state index in [0.29, 0.717) is 5.56 Å². The van der Waals surface area contributed by atoms with Gasteiger partial charge in [-0.2, -0.15) is 0 Å². The first kappa shape index (κ1) is 11.7. The van der Waals surface area contributed by atoms with Crippen LogP contribution < -0.4 is 0 Å². The molecule has 0 fully saturated rings. The van der Waals surface area contributed by atoms with Gasteiger partial charge in [-0.05, 0) is 17.2 Å². The first-order valence-electron chi connectivity index (χ1n) is 4.38. The molecule has 0 saturated carbocycles. The molecule has 0 aliphatic heterocycles. The van der Waals surface area contributed by atoms with Crippen LogP contribution >= 0.6 is 0 Å². The van der Waals surface area contributed by atoms with Crippen molar-refractivity contribution < 1.29 is 9.72 Å². The molecule has 0 bridgehead atoms. The number of carbonyl (C=O) groups is 1. The molecule has 0 spiro atoms. The van der Waals surface area contributed by atoms with Crippen molar-refractivity contribution in [3.63, 3.8) is 0 Å². The van der Waals surface area contributed by atoms with Crippen LogP contribution in [0.25, 0.3) is 10.4 Å². The summed E-state index contributed by atoms with van der Waals surface area (Å²) in [7, 11) is 0. The number of carbonyl (C=O) groups excluding carboxylic acids is 1. The molecule has 1 aromatic carbocycles. The second-order valence-electron chi connectivity index (χ2n) is 3.00. The molecular formula is C9H8N4O3. The van der Waals surface area contributed by atoms with Crippen LogP contribution in [0.4, 0.5) is 0 Å². The number of ketones is 1. The van der Waals surface area contributed by atoms with E-state index >= 15 is 0 Å². The van der Waals surface area contributed by atoms with Gasteiger partial charge in [0.15, 0.2) is 0 Å². The number of hydrogen-bond acceptors (Lipinski definition) is 4. The summed E-state index contributed by atoms with van der Waals surface area (Å²) >= 11 is 0. The first-order valence-corrected chi connectivity index (χ1v) is 4.38. The van der Waals surface area contributed by atoms with Crippen LogP contribution in [0.15, 0.2) is 29.4 Å². The van der Waals surface area contributed by atoms with Crippen molar-refractivity contribution in [2.75, 3.05) is 6.54 Å². The fourth-order valence-electron chi connectivity index (χ4n) is 1.16. The van der Waals surface area contributed by atoms with Crippen molar-refractivity contribution in [3.05, 3.63) is 55.9 Å². The van der Waals surface area contributed by atoms with Gasteiger partial charge in [0, 0.05) is 15.4 Å². The van der Waals surface area contributed by atoms with Gasteiger partial charge >= 0.3 is 0 Å². The smallest absolute Gasteiger partial charge is 0.265 e. The minimum Gasteiger partial charge on any atom is -0.287 e. The molecule has 0 N–H and O–H groups in total. The van der Waals surface area contributed by atoms with Gasteiger partial charge in [0.2, 0.25) is 5.78 Å². The zero-order valence-electron chi connectivity index (χ0n) is 8.24. The summed E-state index contributed by atoms with van der Waals surface area (Å²) < 4.78 is 0. The van der Waals surface area contributed by atoms with Gasteiger partial charge < -0.3 is 0 Å². The van der Waals surface area contributed by atoms with Gasteiger partial charge in [0.25, 0.3) is 6.54 Å². The van der Waals surface area contributed by atoms with E-state index in [1.807, 2.05) is 0 Å². The summed E-state index contributed by atoms with van der Waals surface area (Å²) in [5.74, 6) is -0.562. The van der Waals surface area contributed by atoms with Crippen LogP contribution in [0, 0.1) is 10.1 Å². The Morgan fingerprint density at radius 3 is 2.94 bits per heavy atom. The number of azide groups is 1. The fraction of sp³-hybridized carbons (Fsp3) is 0.222. The molecule has 82 valence electrons. The van der Waals surface area contributed by atoms with Crippen molar-refractivity contribution in [2.24, 2.45) is 5.11 Å². The predicted molar refractivity (Wildman–Crippen MR) is 55.5 cm³/mol. The van der Waals surface area contributed by atoms with Crippen molar-refractivity contribution in [3.8, 4) is 0 Å². The highest BCUT2D eigenvalue weighted by atomic mass is 16.6. The molecule has 0 radical (unpaired) electrons. The Hall–Kier alpha value is -2.40. The molecule has 0 aliphatic rings. The lowest BCUT2D eigenvalue weighted by Gasteiger charge is -1.99. The molecule has 16 heavy (non-hydrogen) atoms. The molecule has 0 unspecified atom stereocenters. The SMILES string of the molecule is [N-]=[N+]=NCc1cccc(C(=O)C[N+](=O)[O-])c1. The number of nitro groups is 1. The van der Waals surface area contributed by atoms with Crippen LogP contribution in [-0.4, -0.2) is 17.3 Å². The Bertz CT molecular complexity index is 466. The van der Waals surface area contributed by atoms with E-state index < -0.39 is 17.3 Å². The van der Waals surface area contributed by atoms with Gasteiger partial charge in [0.05, 0.1) is 6.54 Å². The Kier molecular flexibility index (Phi) is 3.99. The van der Waals surface area contributed by atoms with E-state index in [1.54, 1.807) is 12.1 Å². The van der Waals surface area contributed by atoms with Gasteiger partial charge in [0.1, 0.15) is 0 Å². The van der Waals surface area contributed by atoms with Gasteiger partial charge in [-0.15, -0.1) is 0 Å². The van der Waals surface area contributed by atoms with Gasteiger partial charge in [-0.3, -0.25) is 14.9 Å². The Morgan fingerprint density at radius 2 is 2.31 bits per heavy atom. The third-order valence-corrected chi connectivity index (χ3v) is 1.84. The lowest BCUT2D eigenvalue weighted by Crippen LogP contribution is -2.13. The van der Waals surface area contributed by atoms with E-state index in [2.05, 4.69) is 10.0 Å². The zero-order chi connectivity index (χ0) is 12.0. The lowest BCUT2D eigenvalue weighted by atomic mass is 10.1. The van der Waals surface area contributed by atoms with Crippen LogP contribution in [0.5, 0.6) is 0 Å². The van der Waals surface area contributed by atoms with E-state index in [0.717, 1.165) is 0 Å². The molecule has 0 saturated heterocycles. The summed E-state index contributed by atoms with van der Waals surface area (Å²) in [6, 6.07) is 6.25. The zero-order valence-corrected chi connectivity index (χ0v) is 8.24. The normalized spacial score (nSPS) is 9.25. The molecule has 0 aromatic heterocycles. The van der Waals surface area contributed by atoms with Crippen LogP contribution in [0.3, 0.4) is 0 Å². The summed E-state index contributed by atoms with van der Waals surface area (Å²) in [6.45, 7) is -0.610. The molecule has 1 rings (SSSR count). The summed E-state index contributed by atoms with van der Waals surface area (Å²) in [5, 5.41) is 13.5. The van der Waals surface area contributed by atoms with Crippen molar-refractivity contribution >= 4 is 5.78 Å². The Morgan fingerprint density at radius 1 is 1.56 bits per heavy atom. The maximum absolute atomic E-state index is 11.3. The van der Waals surface area contributed by atoms with E-state index in [4.69, 9.17) is 5.53 Å². The maximum atomic E-state index is 11.3. The number of nitrogens with zero attached hydrogens (tertiary/aromatic N) is 4. The quantitative estimate of drug-likeness (QED) is 0.189. The monoisotopic (exact) mass is 220 g/mol. The second kappa shape index (κ2) is 5.47. The van der Waals surface area contributed by atoms with E-state index in [1.165, 1.54) is 12.1 Å². The summed E-state index contributed by atoms with van der Waals surface area (Å²) in [4.78, 5) is 23.4. The predicted octanol–water partition coefficient (Wildman–Crippen LogP) is 1.96. The molecule has 1 aromatic rings. The second-order valence-corrected chi connectivity index (χ2v) is 3.00. The topological polar surface area (TPSA) is 109 Å². The fourth-order valence-corrected chi connectivity index (χ4v) is 1.16. The minimum atomic E-state index is -0.731. The average Bonchev–Trinajstić information content (AvgIpc) is 2.26. The molecule has 7 nitrogen and oxygen atoms in total. The van der Waals surface area contributed by atoms with Gasteiger partial charge in [-0.1, -0.05) is 23.3 Å². The highest BCUT2D eigenvalue weighted by Crippen LogP contribution is 2.07. The number of benzene rings is 1. The van der Waals surface area contributed by atoms with Crippen molar-refractivity contribution in [2.45, 2.75) is 6.54 Å². The highest BCUT2D eigenvalue weighted by molar-refractivity contribution is 5.97. The molecule has 0 heterocycles. The van der Waals surface area contributed by atoms with Crippen LogP contribution in [0.2, 0.25) is 0 Å².